The predicted molar refractivity (Wildman–Crippen MR) is 76.3 cm³/mol. The molecule has 0 N–H and O–H groups in total. The van der Waals surface area contributed by atoms with Crippen LogP contribution in [0.15, 0.2) is 22.9 Å². The second-order valence-corrected chi connectivity index (χ2v) is 6.69. The number of alkyl halides is 4. The van der Waals surface area contributed by atoms with Gasteiger partial charge in [-0.3, -0.25) is 0 Å². The first-order valence-electron chi connectivity index (χ1n) is 5.88. The average Bonchev–Trinajstić information content (AvgIpc) is 2.88. The minimum absolute atomic E-state index is 0.147. The van der Waals surface area contributed by atoms with Crippen molar-refractivity contribution in [1.82, 2.24) is 0 Å². The van der Waals surface area contributed by atoms with Gasteiger partial charge in [-0.1, -0.05) is 0 Å². The Balaban J connectivity index is 2.60. The van der Waals surface area contributed by atoms with Crippen molar-refractivity contribution in [2.45, 2.75) is 25.7 Å². The molecule has 0 aliphatic carbocycles. The first-order chi connectivity index (χ1) is 9.21. The van der Waals surface area contributed by atoms with E-state index in [9.17, 15) is 17.6 Å². The van der Waals surface area contributed by atoms with Gasteiger partial charge < -0.3 is 0 Å². The summed E-state index contributed by atoms with van der Waals surface area (Å²) in [4.78, 5) is 0. The topological polar surface area (TPSA) is 0 Å². The zero-order valence-electron chi connectivity index (χ0n) is 10.6. The first kappa shape index (κ1) is 13.8. The molecule has 20 heavy (non-hydrogen) atoms. The van der Waals surface area contributed by atoms with E-state index in [0.29, 0.717) is 0 Å². The van der Waals surface area contributed by atoms with Gasteiger partial charge in [0, 0.05) is 45.1 Å². The second-order valence-electron chi connectivity index (χ2n) is 4.85. The van der Waals surface area contributed by atoms with Gasteiger partial charge in [0.2, 0.25) is 0 Å². The lowest BCUT2D eigenvalue weighted by Gasteiger charge is -2.19. The number of benzene rings is 1. The van der Waals surface area contributed by atoms with Crippen LogP contribution in [0.3, 0.4) is 0 Å². The van der Waals surface area contributed by atoms with Gasteiger partial charge in [-0.15, -0.1) is 22.7 Å². The summed E-state index contributed by atoms with van der Waals surface area (Å²) in [6, 6.07) is 3.00. The highest BCUT2D eigenvalue weighted by atomic mass is 32.1. The highest BCUT2D eigenvalue weighted by Crippen LogP contribution is 2.48. The molecule has 2 heterocycles. The monoisotopic (exact) mass is 318 g/mol. The fraction of sp³-hybridized carbons (Fsp3) is 0.286. The van der Waals surface area contributed by atoms with E-state index in [4.69, 9.17) is 0 Å². The lowest BCUT2D eigenvalue weighted by Crippen LogP contribution is -2.12. The minimum Gasteiger partial charge on any atom is -0.202 e. The lowest BCUT2D eigenvalue weighted by molar-refractivity contribution is 0.0179. The minimum atomic E-state index is -3.07. The predicted octanol–water partition coefficient (Wildman–Crippen LogP) is 6.34. The number of fused-ring (bicyclic) bond motifs is 2. The molecule has 0 fully saturated rings. The van der Waals surface area contributed by atoms with Gasteiger partial charge in [0.15, 0.2) is 0 Å². The molecular formula is C14H10F4S2. The van der Waals surface area contributed by atoms with Crippen LogP contribution in [0.5, 0.6) is 0 Å². The van der Waals surface area contributed by atoms with Crippen molar-refractivity contribution in [3.05, 3.63) is 34.0 Å². The van der Waals surface area contributed by atoms with Gasteiger partial charge in [-0.05, 0) is 22.9 Å². The molecule has 3 rings (SSSR count). The largest absolute Gasteiger partial charge is 0.272 e. The van der Waals surface area contributed by atoms with Crippen molar-refractivity contribution >= 4 is 42.8 Å². The standard InChI is InChI=1S/C14H10F4S2/c1-13(15,16)9-7-3-5-20-12(7)10(14(2,17)18)8-4-6-19-11(8)9/h3-6H,1-2H3. The van der Waals surface area contributed by atoms with E-state index >= 15 is 0 Å². The van der Waals surface area contributed by atoms with Gasteiger partial charge in [0.1, 0.15) is 0 Å². The fourth-order valence-corrected chi connectivity index (χ4v) is 4.60. The van der Waals surface area contributed by atoms with Crippen molar-refractivity contribution in [3.8, 4) is 0 Å². The molecule has 0 bridgehead atoms. The number of thiophene rings is 2. The van der Waals surface area contributed by atoms with Crippen molar-refractivity contribution < 1.29 is 17.6 Å². The van der Waals surface area contributed by atoms with E-state index in [1.807, 2.05) is 0 Å². The SMILES string of the molecule is CC(F)(F)c1c2ccsc2c(C(C)(F)F)c2ccsc12. The zero-order valence-corrected chi connectivity index (χ0v) is 12.3. The van der Waals surface area contributed by atoms with E-state index in [2.05, 4.69) is 0 Å². The smallest absolute Gasteiger partial charge is 0.202 e. The van der Waals surface area contributed by atoms with Crippen LogP contribution in [0.2, 0.25) is 0 Å². The Hall–Kier alpha value is -1.14. The summed E-state index contributed by atoms with van der Waals surface area (Å²) in [6.45, 7) is 1.62. The summed E-state index contributed by atoms with van der Waals surface area (Å²) in [5.41, 5.74) is -0.293. The van der Waals surface area contributed by atoms with E-state index < -0.39 is 11.8 Å². The van der Waals surface area contributed by atoms with Gasteiger partial charge in [0.25, 0.3) is 11.8 Å². The lowest BCUT2D eigenvalue weighted by atomic mass is 9.96. The molecule has 6 heteroatoms. The maximum absolute atomic E-state index is 13.9. The van der Waals surface area contributed by atoms with Crippen LogP contribution >= 0.6 is 22.7 Å². The average molecular weight is 318 g/mol. The molecule has 0 amide bonds. The molecule has 0 saturated heterocycles. The van der Waals surface area contributed by atoms with Crippen LogP contribution in [-0.4, -0.2) is 0 Å². The molecule has 2 aromatic heterocycles. The first-order valence-corrected chi connectivity index (χ1v) is 7.64. The van der Waals surface area contributed by atoms with Crippen LogP contribution in [0, 0.1) is 0 Å². The summed E-state index contributed by atoms with van der Waals surface area (Å²) in [5, 5.41) is 3.63. The van der Waals surface area contributed by atoms with Crippen LogP contribution < -0.4 is 0 Å². The van der Waals surface area contributed by atoms with Crippen LogP contribution in [0.4, 0.5) is 17.6 Å². The van der Waals surface area contributed by atoms with Crippen LogP contribution in [-0.2, 0) is 11.8 Å². The zero-order chi connectivity index (χ0) is 14.7. The van der Waals surface area contributed by atoms with Crippen molar-refractivity contribution in [1.29, 1.82) is 0 Å². The molecule has 0 aliphatic rings. The summed E-state index contributed by atoms with van der Waals surface area (Å²) < 4.78 is 56.2. The number of rotatable bonds is 2. The highest BCUT2D eigenvalue weighted by Gasteiger charge is 2.36. The summed E-state index contributed by atoms with van der Waals surface area (Å²) in [7, 11) is 0. The quantitative estimate of drug-likeness (QED) is 0.484. The maximum Gasteiger partial charge on any atom is 0.272 e. The Bertz CT molecular complexity index is 672. The van der Waals surface area contributed by atoms with Gasteiger partial charge in [-0.2, -0.15) is 0 Å². The molecule has 0 aliphatic heterocycles. The molecule has 0 radical (unpaired) electrons. The molecule has 0 spiro atoms. The molecular weight excluding hydrogens is 308 g/mol. The number of hydrogen-bond acceptors (Lipinski definition) is 2. The molecule has 1 aromatic carbocycles. The Morgan fingerprint density at radius 1 is 0.750 bits per heavy atom. The molecule has 0 unspecified atom stereocenters. The normalized spacial score (nSPS) is 13.5. The van der Waals surface area contributed by atoms with Gasteiger partial charge in [-0.25, -0.2) is 17.6 Å². The van der Waals surface area contributed by atoms with Gasteiger partial charge >= 0.3 is 0 Å². The number of halogens is 4. The summed E-state index contributed by atoms with van der Waals surface area (Å²) in [5.74, 6) is -6.13. The molecule has 0 saturated carbocycles. The van der Waals surface area contributed by atoms with Crippen molar-refractivity contribution in [2.75, 3.05) is 0 Å². The maximum atomic E-state index is 13.9. The van der Waals surface area contributed by atoms with E-state index in [1.165, 1.54) is 12.1 Å². The second kappa shape index (κ2) is 4.18. The molecule has 0 nitrogen and oxygen atoms in total. The third kappa shape index (κ3) is 1.93. The molecule has 106 valence electrons. The third-order valence-corrected chi connectivity index (χ3v) is 5.07. The van der Waals surface area contributed by atoms with Crippen molar-refractivity contribution in [3.63, 3.8) is 0 Å². The Morgan fingerprint density at radius 3 is 1.40 bits per heavy atom. The third-order valence-electron chi connectivity index (χ3n) is 3.20. The van der Waals surface area contributed by atoms with Crippen LogP contribution in [0.25, 0.3) is 20.2 Å². The highest BCUT2D eigenvalue weighted by molar-refractivity contribution is 7.19. The van der Waals surface area contributed by atoms with E-state index in [0.717, 1.165) is 36.5 Å². The fourth-order valence-electron chi connectivity index (χ4n) is 2.52. The van der Waals surface area contributed by atoms with Crippen molar-refractivity contribution in [2.24, 2.45) is 0 Å². The summed E-state index contributed by atoms with van der Waals surface area (Å²) in [6.07, 6.45) is 0. The molecule has 0 atom stereocenters. The Kier molecular flexibility index (Phi) is 2.89. The van der Waals surface area contributed by atoms with Gasteiger partial charge in [0.05, 0.1) is 0 Å². The Morgan fingerprint density at radius 2 is 1.10 bits per heavy atom. The number of hydrogen-bond donors (Lipinski definition) is 0. The van der Waals surface area contributed by atoms with E-state index in [1.54, 1.807) is 10.8 Å². The Labute approximate surface area is 120 Å². The summed E-state index contributed by atoms with van der Waals surface area (Å²) >= 11 is 2.16. The molecule has 3 aromatic rings. The van der Waals surface area contributed by atoms with E-state index in [-0.39, 0.29) is 31.3 Å². The van der Waals surface area contributed by atoms with Crippen LogP contribution in [0.1, 0.15) is 25.0 Å².